The topological polar surface area (TPSA) is 112 Å². The van der Waals surface area contributed by atoms with E-state index in [4.69, 9.17) is 11.6 Å². The second-order valence-corrected chi connectivity index (χ2v) is 8.04. The molecule has 1 unspecified atom stereocenters. The highest BCUT2D eigenvalue weighted by Gasteiger charge is 2.34. The molecule has 1 atom stereocenters. The van der Waals surface area contributed by atoms with Crippen molar-refractivity contribution in [3.05, 3.63) is 97.9 Å². The van der Waals surface area contributed by atoms with Crippen molar-refractivity contribution in [1.29, 1.82) is 0 Å². The molecule has 34 heavy (non-hydrogen) atoms. The van der Waals surface area contributed by atoms with Crippen LogP contribution in [0.25, 0.3) is 0 Å². The predicted molar refractivity (Wildman–Crippen MR) is 117 cm³/mol. The largest absolute Gasteiger partial charge is 0.503 e. The van der Waals surface area contributed by atoms with Gasteiger partial charge < -0.3 is 25.0 Å². The molecule has 0 saturated heterocycles. The molecule has 0 radical (unpaired) electrons. The van der Waals surface area contributed by atoms with Gasteiger partial charge in [-0.05, 0) is 29.3 Å². The fourth-order valence-electron chi connectivity index (χ4n) is 3.65. The molecule has 0 saturated carbocycles. The summed E-state index contributed by atoms with van der Waals surface area (Å²) in [6.45, 7) is -0.407. The number of benzene rings is 2. The van der Waals surface area contributed by atoms with Crippen molar-refractivity contribution in [2.45, 2.75) is 19.3 Å². The van der Waals surface area contributed by atoms with Crippen LogP contribution in [0.4, 0.5) is 8.78 Å². The maximum absolute atomic E-state index is 13.6. The Hall–Kier alpha value is -3.76. The molecule has 1 aliphatic rings. The summed E-state index contributed by atoms with van der Waals surface area (Å²) in [6, 6.07) is 9.42. The number of aliphatic hydroxyl groups excluding tert-OH is 1. The van der Waals surface area contributed by atoms with Crippen molar-refractivity contribution >= 4 is 23.4 Å². The molecule has 4 rings (SSSR count). The minimum atomic E-state index is -1.37. The van der Waals surface area contributed by atoms with Crippen LogP contribution in [0.5, 0.6) is 5.75 Å². The predicted octanol–water partition coefficient (Wildman–Crippen LogP) is 2.56. The fourth-order valence-corrected chi connectivity index (χ4v) is 3.84. The first-order chi connectivity index (χ1) is 16.2. The van der Waals surface area contributed by atoms with E-state index < -0.39 is 52.1 Å². The lowest BCUT2D eigenvalue weighted by Crippen LogP contribution is -2.44. The number of carbonyl (C=O) groups excluding carboxylic acids is 2. The number of nitrogens with zero attached hydrogens (tertiary/aromatic N) is 2. The zero-order chi connectivity index (χ0) is 24.6. The molecule has 11 heteroatoms. The maximum atomic E-state index is 13.6. The third kappa shape index (κ3) is 4.37. The summed E-state index contributed by atoms with van der Waals surface area (Å²) in [5, 5.41) is 23.3. The van der Waals surface area contributed by atoms with Gasteiger partial charge in [-0.1, -0.05) is 35.9 Å². The number of aromatic hydroxyl groups is 1. The number of hydrogen-bond donors (Lipinski definition) is 3. The molecular formula is C23H18ClF2N3O5. The first-order valence-corrected chi connectivity index (χ1v) is 10.5. The Morgan fingerprint density at radius 1 is 1.15 bits per heavy atom. The lowest BCUT2D eigenvalue weighted by molar-refractivity contribution is 0.0221. The van der Waals surface area contributed by atoms with Crippen LogP contribution in [-0.2, 0) is 13.1 Å². The van der Waals surface area contributed by atoms with Crippen molar-refractivity contribution in [2.24, 2.45) is 0 Å². The van der Waals surface area contributed by atoms with Gasteiger partial charge in [-0.25, -0.2) is 8.78 Å². The van der Waals surface area contributed by atoms with Gasteiger partial charge in [-0.3, -0.25) is 14.4 Å². The van der Waals surface area contributed by atoms with Crippen molar-refractivity contribution in [1.82, 2.24) is 14.8 Å². The smallest absolute Gasteiger partial charge is 0.275 e. The Bertz CT molecular complexity index is 1340. The number of carbonyl (C=O) groups is 2. The van der Waals surface area contributed by atoms with Crippen LogP contribution < -0.4 is 10.7 Å². The van der Waals surface area contributed by atoms with Gasteiger partial charge in [0.1, 0.15) is 23.4 Å². The van der Waals surface area contributed by atoms with Gasteiger partial charge in [0.2, 0.25) is 5.43 Å². The maximum Gasteiger partial charge on any atom is 0.275 e. The van der Waals surface area contributed by atoms with Crippen LogP contribution in [-0.4, -0.2) is 38.0 Å². The van der Waals surface area contributed by atoms with Crippen LogP contribution in [0.2, 0.25) is 5.02 Å². The molecule has 3 N–H and O–H groups in total. The monoisotopic (exact) mass is 489 g/mol. The number of halogens is 3. The highest BCUT2D eigenvalue weighted by atomic mass is 35.5. The summed E-state index contributed by atoms with van der Waals surface area (Å²) in [5.41, 5.74) is -1.27. The average molecular weight is 490 g/mol. The number of pyridine rings is 1. The fraction of sp³-hybridized carbons (Fsp3) is 0.174. The molecule has 0 aliphatic carbocycles. The zero-order valence-electron chi connectivity index (χ0n) is 17.5. The third-order valence-corrected chi connectivity index (χ3v) is 5.83. The lowest BCUT2D eigenvalue weighted by Gasteiger charge is -2.34. The Labute approximate surface area is 196 Å². The van der Waals surface area contributed by atoms with Crippen LogP contribution in [0.1, 0.15) is 38.2 Å². The van der Waals surface area contributed by atoms with Crippen molar-refractivity contribution in [3.63, 3.8) is 0 Å². The standard InChI is InChI=1S/C23H18ClF2N3O5/c24-18-13(2-1-3-16(18)26)8-27-22(33)15-10-29-17(30)11-28(9-12-4-6-14(25)7-5-12)23(34)19(29)21(32)20(15)31/h1-7,10,17,30,32H,8-9,11H2,(H,27,33). The van der Waals surface area contributed by atoms with E-state index in [1.165, 1.54) is 41.3 Å². The van der Waals surface area contributed by atoms with E-state index in [9.17, 15) is 33.4 Å². The van der Waals surface area contributed by atoms with Gasteiger partial charge in [-0.2, -0.15) is 0 Å². The summed E-state index contributed by atoms with van der Waals surface area (Å²) in [6.07, 6.45) is -0.388. The van der Waals surface area contributed by atoms with Crippen molar-refractivity contribution in [3.8, 4) is 5.75 Å². The molecule has 176 valence electrons. The Morgan fingerprint density at radius 2 is 1.85 bits per heavy atom. The highest BCUT2D eigenvalue weighted by molar-refractivity contribution is 6.31. The van der Waals surface area contributed by atoms with Crippen molar-refractivity contribution in [2.75, 3.05) is 6.54 Å². The second-order valence-electron chi connectivity index (χ2n) is 7.66. The van der Waals surface area contributed by atoms with E-state index in [1.54, 1.807) is 0 Å². The number of amides is 2. The van der Waals surface area contributed by atoms with Crippen LogP contribution in [0.3, 0.4) is 0 Å². The number of hydrogen-bond acceptors (Lipinski definition) is 5. The van der Waals surface area contributed by atoms with E-state index in [2.05, 4.69) is 5.32 Å². The first kappa shape index (κ1) is 23.4. The van der Waals surface area contributed by atoms with Gasteiger partial charge in [0.05, 0.1) is 11.6 Å². The Balaban J connectivity index is 1.60. The molecule has 8 nitrogen and oxygen atoms in total. The summed E-state index contributed by atoms with van der Waals surface area (Å²) >= 11 is 5.86. The minimum Gasteiger partial charge on any atom is -0.503 e. The lowest BCUT2D eigenvalue weighted by atomic mass is 10.1. The van der Waals surface area contributed by atoms with Gasteiger partial charge in [0.25, 0.3) is 11.8 Å². The number of β-amino-alcohol motifs (C(OH)–C–C–N with tert-alkyl or cyclic N) is 1. The van der Waals surface area contributed by atoms with Crippen LogP contribution in [0, 0.1) is 11.6 Å². The molecule has 2 heterocycles. The third-order valence-electron chi connectivity index (χ3n) is 5.41. The number of nitrogens with one attached hydrogen (secondary N) is 1. The van der Waals surface area contributed by atoms with E-state index in [1.807, 2.05) is 0 Å². The molecule has 0 spiro atoms. The van der Waals surface area contributed by atoms with Crippen molar-refractivity contribution < 1.29 is 28.6 Å². The molecular weight excluding hydrogens is 472 g/mol. The summed E-state index contributed by atoms with van der Waals surface area (Å²) in [5.74, 6) is -3.78. The number of rotatable bonds is 5. The number of aromatic nitrogens is 1. The number of fused-ring (bicyclic) bond motifs is 1. The van der Waals surface area contributed by atoms with Gasteiger partial charge in [0.15, 0.2) is 11.4 Å². The number of aliphatic hydroxyl groups is 1. The quantitative estimate of drug-likeness (QED) is 0.510. The van der Waals surface area contributed by atoms with E-state index in [0.717, 1.165) is 16.8 Å². The highest BCUT2D eigenvalue weighted by Crippen LogP contribution is 2.26. The van der Waals surface area contributed by atoms with Gasteiger partial charge >= 0.3 is 0 Å². The summed E-state index contributed by atoms with van der Waals surface area (Å²) in [4.78, 5) is 39.4. The van der Waals surface area contributed by atoms with Gasteiger partial charge in [0, 0.05) is 19.3 Å². The molecule has 0 bridgehead atoms. The zero-order valence-corrected chi connectivity index (χ0v) is 18.2. The van der Waals surface area contributed by atoms with E-state index in [0.29, 0.717) is 5.56 Å². The second kappa shape index (κ2) is 9.24. The first-order valence-electron chi connectivity index (χ1n) is 10.1. The molecule has 2 amide bonds. The molecule has 1 aliphatic heterocycles. The minimum absolute atomic E-state index is 0.000432. The molecule has 0 fully saturated rings. The van der Waals surface area contributed by atoms with Gasteiger partial charge in [-0.15, -0.1) is 0 Å². The molecule has 2 aromatic carbocycles. The Kier molecular flexibility index (Phi) is 6.36. The van der Waals surface area contributed by atoms with E-state index in [-0.39, 0.29) is 30.2 Å². The van der Waals surface area contributed by atoms with E-state index >= 15 is 0 Å². The Morgan fingerprint density at radius 3 is 2.56 bits per heavy atom. The summed E-state index contributed by atoms with van der Waals surface area (Å²) in [7, 11) is 0. The molecule has 3 aromatic rings. The summed E-state index contributed by atoms with van der Waals surface area (Å²) < 4.78 is 27.7. The SMILES string of the molecule is O=C(NCc1cccc(F)c1Cl)c1cn2c(c(O)c1=O)C(=O)N(Cc1ccc(F)cc1)CC2O. The van der Waals surface area contributed by atoms with Crippen LogP contribution >= 0.6 is 11.6 Å². The normalized spacial score (nSPS) is 15.2. The van der Waals surface area contributed by atoms with Crippen LogP contribution in [0.15, 0.2) is 53.5 Å². The molecule has 1 aromatic heterocycles. The average Bonchev–Trinajstić information content (AvgIpc) is 2.81.